The molecule has 0 bridgehead atoms. The first-order chi connectivity index (χ1) is 9.53. The molecule has 1 aliphatic rings. The molecule has 0 atom stereocenters. The zero-order valence-electron chi connectivity index (χ0n) is 11.5. The van der Waals surface area contributed by atoms with Gasteiger partial charge < -0.3 is 5.11 Å². The monoisotopic (exact) mass is 272 g/mol. The van der Waals surface area contributed by atoms with Crippen LogP contribution in [0.15, 0.2) is 18.2 Å². The standard InChI is InChI=1S/C14H16N4O2/c1-9-4-3-5-11(10(9)2)12-15-16-17-18(12)8-14(6-7-14)13(19)20/h3-5H,6-8H2,1-2H3,(H,19,20). The van der Waals surface area contributed by atoms with Crippen LogP contribution >= 0.6 is 0 Å². The summed E-state index contributed by atoms with van der Waals surface area (Å²) >= 11 is 0. The molecule has 3 rings (SSSR count). The van der Waals surface area contributed by atoms with E-state index >= 15 is 0 Å². The number of aromatic nitrogens is 4. The van der Waals surface area contributed by atoms with Crippen LogP contribution in [0, 0.1) is 19.3 Å². The number of rotatable bonds is 4. The summed E-state index contributed by atoms with van der Waals surface area (Å²) in [5.41, 5.74) is 2.55. The SMILES string of the molecule is Cc1cccc(-c2nnnn2CC2(C(=O)O)CC2)c1C. The average Bonchev–Trinajstić information content (AvgIpc) is 3.06. The molecular weight excluding hydrogens is 256 g/mol. The topological polar surface area (TPSA) is 80.9 Å². The predicted octanol–water partition coefficient (Wildman–Crippen LogP) is 1.82. The Kier molecular flexibility index (Phi) is 2.81. The molecule has 0 unspecified atom stereocenters. The second-order valence-corrected chi connectivity index (χ2v) is 5.49. The van der Waals surface area contributed by atoms with Gasteiger partial charge in [-0.1, -0.05) is 18.2 Å². The number of tetrazole rings is 1. The van der Waals surface area contributed by atoms with Gasteiger partial charge in [-0.15, -0.1) is 5.10 Å². The van der Waals surface area contributed by atoms with Crippen molar-refractivity contribution < 1.29 is 9.90 Å². The number of carboxylic acid groups (broad SMARTS) is 1. The van der Waals surface area contributed by atoms with Gasteiger partial charge in [0.2, 0.25) is 0 Å². The van der Waals surface area contributed by atoms with Crippen molar-refractivity contribution in [3.05, 3.63) is 29.3 Å². The van der Waals surface area contributed by atoms with Crippen LogP contribution in [-0.4, -0.2) is 31.3 Å². The van der Waals surface area contributed by atoms with Gasteiger partial charge in [-0.25, -0.2) is 4.68 Å². The summed E-state index contributed by atoms with van der Waals surface area (Å²) in [5.74, 6) is -0.126. The molecule has 0 radical (unpaired) electrons. The van der Waals surface area contributed by atoms with Crippen molar-refractivity contribution in [2.24, 2.45) is 5.41 Å². The molecule has 0 saturated heterocycles. The van der Waals surface area contributed by atoms with E-state index in [1.54, 1.807) is 4.68 Å². The van der Waals surface area contributed by atoms with Crippen LogP contribution < -0.4 is 0 Å². The maximum absolute atomic E-state index is 11.3. The summed E-state index contributed by atoms with van der Waals surface area (Å²) in [6.45, 7) is 4.39. The van der Waals surface area contributed by atoms with Gasteiger partial charge in [0, 0.05) is 5.56 Å². The van der Waals surface area contributed by atoms with E-state index in [2.05, 4.69) is 15.5 Å². The Balaban J connectivity index is 1.99. The lowest BCUT2D eigenvalue weighted by Gasteiger charge is -2.12. The Labute approximate surface area is 116 Å². The Bertz CT molecular complexity index is 674. The lowest BCUT2D eigenvalue weighted by Crippen LogP contribution is -2.22. The second kappa shape index (κ2) is 4.40. The van der Waals surface area contributed by atoms with Gasteiger partial charge in [0.1, 0.15) is 0 Å². The minimum atomic E-state index is -0.764. The number of nitrogens with zero attached hydrogens (tertiary/aromatic N) is 4. The summed E-state index contributed by atoms with van der Waals surface area (Å²) in [7, 11) is 0. The van der Waals surface area contributed by atoms with E-state index in [1.165, 1.54) is 0 Å². The van der Waals surface area contributed by atoms with Gasteiger partial charge in [0.15, 0.2) is 5.82 Å². The van der Waals surface area contributed by atoms with Gasteiger partial charge in [0.25, 0.3) is 0 Å². The Hall–Kier alpha value is -2.24. The summed E-state index contributed by atoms with van der Waals surface area (Å²) in [4.78, 5) is 11.3. The zero-order chi connectivity index (χ0) is 14.3. The van der Waals surface area contributed by atoms with Gasteiger partial charge in [0.05, 0.1) is 12.0 Å². The van der Waals surface area contributed by atoms with Crippen LogP contribution in [0.3, 0.4) is 0 Å². The fourth-order valence-corrected chi connectivity index (χ4v) is 2.37. The number of hydrogen-bond donors (Lipinski definition) is 1. The van der Waals surface area contributed by atoms with Gasteiger partial charge in [-0.2, -0.15) is 0 Å². The fourth-order valence-electron chi connectivity index (χ4n) is 2.37. The first-order valence-electron chi connectivity index (χ1n) is 6.60. The average molecular weight is 272 g/mol. The highest BCUT2D eigenvalue weighted by Crippen LogP contribution is 2.47. The smallest absolute Gasteiger partial charge is 0.311 e. The molecule has 1 heterocycles. The molecular formula is C14H16N4O2. The lowest BCUT2D eigenvalue weighted by atomic mass is 10.0. The summed E-state index contributed by atoms with van der Waals surface area (Å²) in [6.07, 6.45) is 1.38. The van der Waals surface area contributed by atoms with Crippen LogP contribution in [0.25, 0.3) is 11.4 Å². The van der Waals surface area contributed by atoms with E-state index in [0.717, 1.165) is 16.7 Å². The van der Waals surface area contributed by atoms with Crippen molar-refractivity contribution in [3.8, 4) is 11.4 Å². The van der Waals surface area contributed by atoms with E-state index in [9.17, 15) is 9.90 Å². The van der Waals surface area contributed by atoms with Crippen LogP contribution in [0.1, 0.15) is 24.0 Å². The second-order valence-electron chi connectivity index (χ2n) is 5.49. The first kappa shape index (κ1) is 12.8. The molecule has 20 heavy (non-hydrogen) atoms. The largest absolute Gasteiger partial charge is 0.481 e. The van der Waals surface area contributed by atoms with Gasteiger partial charge in [-0.3, -0.25) is 4.79 Å². The minimum Gasteiger partial charge on any atom is -0.481 e. The van der Waals surface area contributed by atoms with E-state index in [-0.39, 0.29) is 0 Å². The fraction of sp³-hybridized carbons (Fsp3) is 0.429. The molecule has 104 valence electrons. The maximum Gasteiger partial charge on any atom is 0.311 e. The van der Waals surface area contributed by atoms with E-state index < -0.39 is 11.4 Å². The Morgan fingerprint density at radius 3 is 2.80 bits per heavy atom. The molecule has 1 fully saturated rings. The first-order valence-corrected chi connectivity index (χ1v) is 6.60. The van der Waals surface area contributed by atoms with Crippen LogP contribution in [0.5, 0.6) is 0 Å². The highest BCUT2D eigenvalue weighted by Gasteiger charge is 2.51. The molecule has 0 amide bonds. The minimum absolute atomic E-state index is 0.331. The molecule has 1 aromatic carbocycles. The molecule has 1 N–H and O–H groups in total. The molecule has 1 aromatic heterocycles. The summed E-state index contributed by atoms with van der Waals surface area (Å²) in [5, 5.41) is 21.0. The van der Waals surface area contributed by atoms with Crippen molar-refractivity contribution in [2.45, 2.75) is 33.2 Å². The molecule has 2 aromatic rings. The van der Waals surface area contributed by atoms with Crippen LogP contribution in [0.4, 0.5) is 0 Å². The normalized spacial score (nSPS) is 16.1. The lowest BCUT2D eigenvalue weighted by molar-refractivity contribution is -0.144. The van der Waals surface area contributed by atoms with Crippen LogP contribution in [-0.2, 0) is 11.3 Å². The third-order valence-corrected chi connectivity index (χ3v) is 4.14. The van der Waals surface area contributed by atoms with Crippen LogP contribution in [0.2, 0.25) is 0 Å². The molecule has 6 heteroatoms. The number of hydrogen-bond acceptors (Lipinski definition) is 4. The van der Waals surface area contributed by atoms with Gasteiger partial charge >= 0.3 is 5.97 Å². The summed E-state index contributed by atoms with van der Waals surface area (Å²) in [6, 6.07) is 5.96. The third-order valence-electron chi connectivity index (χ3n) is 4.14. The maximum atomic E-state index is 11.3. The molecule has 1 aliphatic carbocycles. The molecule has 6 nitrogen and oxygen atoms in total. The van der Waals surface area contributed by atoms with E-state index in [1.807, 2.05) is 32.0 Å². The van der Waals surface area contributed by atoms with Gasteiger partial charge in [-0.05, 0) is 48.2 Å². The highest BCUT2D eigenvalue weighted by atomic mass is 16.4. The number of aliphatic carboxylic acids is 1. The quantitative estimate of drug-likeness (QED) is 0.918. The number of carboxylic acids is 1. The molecule has 1 saturated carbocycles. The third kappa shape index (κ3) is 1.97. The van der Waals surface area contributed by atoms with Crippen molar-refractivity contribution in [2.75, 3.05) is 0 Å². The number of aryl methyl sites for hydroxylation is 1. The van der Waals surface area contributed by atoms with Crippen molar-refractivity contribution in [3.63, 3.8) is 0 Å². The Morgan fingerprint density at radius 1 is 1.40 bits per heavy atom. The predicted molar refractivity (Wildman–Crippen MR) is 72.0 cm³/mol. The van der Waals surface area contributed by atoms with Crippen molar-refractivity contribution in [1.82, 2.24) is 20.2 Å². The zero-order valence-corrected chi connectivity index (χ0v) is 11.5. The van der Waals surface area contributed by atoms with E-state index in [0.29, 0.717) is 25.2 Å². The summed E-state index contributed by atoms with van der Waals surface area (Å²) < 4.78 is 1.61. The highest BCUT2D eigenvalue weighted by molar-refractivity contribution is 5.77. The molecule has 0 spiro atoms. The number of benzene rings is 1. The molecule has 0 aliphatic heterocycles. The van der Waals surface area contributed by atoms with E-state index in [4.69, 9.17) is 0 Å². The van der Waals surface area contributed by atoms with Crippen molar-refractivity contribution >= 4 is 5.97 Å². The number of carbonyl (C=O) groups is 1. The van der Waals surface area contributed by atoms with Crippen molar-refractivity contribution in [1.29, 1.82) is 0 Å². The Morgan fingerprint density at radius 2 is 2.15 bits per heavy atom.